The predicted molar refractivity (Wildman–Crippen MR) is 147 cm³/mol. The van der Waals surface area contributed by atoms with Crippen molar-refractivity contribution in [1.82, 2.24) is 15.5 Å². The highest BCUT2D eigenvalue weighted by Crippen LogP contribution is 2.34. The topological polar surface area (TPSA) is 102 Å². The van der Waals surface area contributed by atoms with Crippen LogP contribution in [0.4, 0.5) is 13.2 Å². The standard InChI is InChI=1S/C11H17F3N2O2.C4H6N2O.C4H10.C4H8.2C2H6/c1-7-5-16(6-10(7,2)3)8(17)4-15-9(18)11(12,13)14;1-4(2-5)6-3-7;1-4(2)3;1-3-4-2;2*1-2/h7H,4-6H2,1-3H3,(H,15,18);3-4H,1H3,(H,6,7);4H,1-3H3;3-4H,1-2H3;2*1-2H3/b;;;4-3-;;/t7-;;;;;/m0...../s1. The van der Waals surface area contributed by atoms with Crippen LogP contribution in [0.1, 0.15) is 90.0 Å². The Balaban J connectivity index is -0.000000148. The van der Waals surface area contributed by atoms with Crippen LogP contribution in [0, 0.1) is 28.6 Å². The SMILES string of the molecule is C/C=C\C.CC.CC.CC(C#N)NC=O.CC(C)C.C[C@H]1CN(C(=O)CNC(=O)C(F)(F)F)CC1(C)C. The molecule has 220 valence electrons. The molecule has 1 rings (SSSR count). The molecule has 1 heterocycles. The van der Waals surface area contributed by atoms with Crippen LogP contribution in [0.15, 0.2) is 12.2 Å². The molecule has 2 N–H and O–H groups in total. The molecule has 0 saturated carbocycles. The first-order valence-electron chi connectivity index (χ1n) is 12.8. The van der Waals surface area contributed by atoms with Crippen molar-refractivity contribution in [1.29, 1.82) is 5.26 Å². The molecule has 1 saturated heterocycles. The maximum Gasteiger partial charge on any atom is 0.471 e. The van der Waals surface area contributed by atoms with Crippen molar-refractivity contribution < 1.29 is 27.6 Å². The van der Waals surface area contributed by atoms with E-state index < -0.39 is 24.5 Å². The van der Waals surface area contributed by atoms with Gasteiger partial charge in [-0.25, -0.2) is 0 Å². The Bertz CT molecular complexity index is 637. The molecule has 1 fully saturated rings. The van der Waals surface area contributed by atoms with Crippen LogP contribution in [0.2, 0.25) is 0 Å². The summed E-state index contributed by atoms with van der Waals surface area (Å²) in [6.45, 7) is 26.5. The van der Waals surface area contributed by atoms with Gasteiger partial charge in [-0.3, -0.25) is 14.4 Å². The van der Waals surface area contributed by atoms with Crippen molar-refractivity contribution in [2.45, 2.75) is 102 Å². The van der Waals surface area contributed by atoms with Crippen molar-refractivity contribution >= 4 is 18.2 Å². The molecule has 1 unspecified atom stereocenters. The van der Waals surface area contributed by atoms with Crippen LogP contribution in [-0.4, -0.2) is 55.0 Å². The molecule has 2 atom stereocenters. The van der Waals surface area contributed by atoms with E-state index in [1.54, 1.807) is 12.2 Å². The smallest absolute Gasteiger partial charge is 0.343 e. The summed E-state index contributed by atoms with van der Waals surface area (Å²) in [5.41, 5.74) is -0.0519. The van der Waals surface area contributed by atoms with Gasteiger partial charge in [-0.15, -0.1) is 0 Å². The highest BCUT2D eigenvalue weighted by atomic mass is 19.4. The number of alkyl halides is 3. The molecule has 1 aliphatic rings. The van der Waals surface area contributed by atoms with E-state index >= 15 is 0 Å². The Kier molecular flexibility index (Phi) is 31.8. The molecule has 7 nitrogen and oxygen atoms in total. The minimum absolute atomic E-state index is 0.0519. The maximum absolute atomic E-state index is 11.9. The first kappa shape index (κ1) is 44.4. The van der Waals surface area contributed by atoms with Gasteiger partial charge in [-0.2, -0.15) is 18.4 Å². The number of carbonyl (C=O) groups is 3. The Hall–Kier alpha value is -2.57. The Morgan fingerprint density at radius 2 is 1.49 bits per heavy atom. The third-order valence-electron chi connectivity index (χ3n) is 4.28. The zero-order chi connectivity index (χ0) is 30.8. The molecule has 0 aromatic carbocycles. The molecular weight excluding hydrogens is 485 g/mol. The number of rotatable bonds is 4. The second-order valence-electron chi connectivity index (χ2n) is 8.88. The van der Waals surface area contributed by atoms with E-state index in [-0.39, 0.29) is 17.4 Å². The van der Waals surface area contributed by atoms with Gasteiger partial charge in [0.15, 0.2) is 0 Å². The van der Waals surface area contributed by atoms with Crippen LogP contribution >= 0.6 is 0 Å². The number of amides is 3. The summed E-state index contributed by atoms with van der Waals surface area (Å²) >= 11 is 0. The highest BCUT2D eigenvalue weighted by Gasteiger charge is 2.41. The predicted octanol–water partition coefficient (Wildman–Crippen LogP) is 6.11. The van der Waals surface area contributed by atoms with E-state index in [1.165, 1.54) is 4.90 Å². The number of hydrogen-bond acceptors (Lipinski definition) is 4. The Labute approximate surface area is 224 Å². The summed E-state index contributed by atoms with van der Waals surface area (Å²) in [7, 11) is 0. The van der Waals surface area contributed by atoms with Crippen molar-refractivity contribution in [2.24, 2.45) is 17.3 Å². The lowest BCUT2D eigenvalue weighted by molar-refractivity contribution is -0.174. The molecule has 10 heteroatoms. The second-order valence-corrected chi connectivity index (χ2v) is 8.88. The zero-order valence-electron chi connectivity index (χ0n) is 25.3. The van der Waals surface area contributed by atoms with E-state index in [4.69, 9.17) is 5.26 Å². The third kappa shape index (κ3) is 29.5. The summed E-state index contributed by atoms with van der Waals surface area (Å²) in [6, 6.07) is 1.46. The van der Waals surface area contributed by atoms with Gasteiger partial charge in [-0.1, -0.05) is 81.4 Å². The average Bonchev–Trinajstić information content (AvgIpc) is 3.11. The summed E-state index contributed by atoms with van der Waals surface area (Å²) in [6.07, 6.45) is -0.439. The summed E-state index contributed by atoms with van der Waals surface area (Å²) in [5, 5.41) is 11.8. The zero-order valence-corrected chi connectivity index (χ0v) is 25.3. The Morgan fingerprint density at radius 3 is 1.70 bits per heavy atom. The second kappa shape index (κ2) is 26.5. The quantitative estimate of drug-likeness (QED) is 0.333. The van der Waals surface area contributed by atoms with Gasteiger partial charge in [0.05, 0.1) is 12.6 Å². The van der Waals surface area contributed by atoms with E-state index in [0.717, 1.165) is 5.92 Å². The molecule has 0 radical (unpaired) electrons. The monoisotopic (exact) mass is 538 g/mol. The number of allylic oxidation sites excluding steroid dienone is 2. The number of nitrogens with one attached hydrogen (secondary N) is 2. The molecule has 37 heavy (non-hydrogen) atoms. The van der Waals surface area contributed by atoms with Crippen LogP contribution in [0.3, 0.4) is 0 Å². The Morgan fingerprint density at radius 1 is 1.08 bits per heavy atom. The summed E-state index contributed by atoms with van der Waals surface area (Å²) < 4.78 is 35.8. The van der Waals surface area contributed by atoms with E-state index in [9.17, 15) is 27.6 Å². The van der Waals surface area contributed by atoms with Crippen molar-refractivity contribution in [3.8, 4) is 6.07 Å². The van der Waals surface area contributed by atoms with Crippen molar-refractivity contribution in [2.75, 3.05) is 19.6 Å². The number of likely N-dealkylation sites (tertiary alicyclic amines) is 1. The largest absolute Gasteiger partial charge is 0.471 e. The van der Waals surface area contributed by atoms with Gasteiger partial charge in [-0.05, 0) is 38.0 Å². The number of hydrogen-bond donors (Lipinski definition) is 2. The normalized spacial score (nSPS) is 15.7. The van der Waals surface area contributed by atoms with Gasteiger partial charge in [0.2, 0.25) is 12.3 Å². The molecule has 0 spiro atoms. The molecule has 3 amide bonds. The van der Waals surface area contributed by atoms with Crippen LogP contribution in [0.5, 0.6) is 0 Å². The summed E-state index contributed by atoms with van der Waals surface area (Å²) in [5.74, 6) is -1.45. The van der Waals surface area contributed by atoms with Crippen LogP contribution in [0.25, 0.3) is 0 Å². The van der Waals surface area contributed by atoms with E-state index in [0.29, 0.717) is 19.5 Å². The van der Waals surface area contributed by atoms with Gasteiger partial charge in [0.1, 0.15) is 6.04 Å². The van der Waals surface area contributed by atoms with Gasteiger partial charge >= 0.3 is 12.1 Å². The fraction of sp³-hybridized carbons (Fsp3) is 0.778. The lowest BCUT2D eigenvalue weighted by Gasteiger charge is -2.22. The van der Waals surface area contributed by atoms with Crippen LogP contribution < -0.4 is 10.6 Å². The fourth-order valence-electron chi connectivity index (χ4n) is 1.99. The summed E-state index contributed by atoms with van der Waals surface area (Å²) in [4.78, 5) is 33.2. The molecule has 0 aliphatic carbocycles. The van der Waals surface area contributed by atoms with Crippen LogP contribution in [-0.2, 0) is 14.4 Å². The number of halogens is 3. The minimum atomic E-state index is -4.95. The van der Waals surface area contributed by atoms with Crippen molar-refractivity contribution in [3.05, 3.63) is 12.2 Å². The molecular formula is C27H53F3N4O3. The first-order valence-corrected chi connectivity index (χ1v) is 12.8. The van der Waals surface area contributed by atoms with Crippen molar-refractivity contribution in [3.63, 3.8) is 0 Å². The molecule has 0 aromatic rings. The number of nitrogens with zero attached hydrogens (tertiary/aromatic N) is 2. The van der Waals surface area contributed by atoms with E-state index in [1.807, 2.05) is 80.5 Å². The lowest BCUT2D eigenvalue weighted by Crippen LogP contribution is -2.44. The van der Waals surface area contributed by atoms with E-state index in [2.05, 4.69) is 26.1 Å². The maximum atomic E-state index is 11.9. The van der Waals surface area contributed by atoms with Gasteiger partial charge < -0.3 is 15.5 Å². The highest BCUT2D eigenvalue weighted by molar-refractivity contribution is 5.87. The molecule has 0 bridgehead atoms. The van der Waals surface area contributed by atoms with Gasteiger partial charge in [0.25, 0.3) is 0 Å². The fourth-order valence-corrected chi connectivity index (χ4v) is 1.99. The number of nitriles is 1. The molecule has 1 aliphatic heterocycles. The third-order valence-corrected chi connectivity index (χ3v) is 4.28. The molecule has 0 aromatic heterocycles. The minimum Gasteiger partial charge on any atom is -0.343 e. The van der Waals surface area contributed by atoms with Gasteiger partial charge in [0, 0.05) is 13.1 Å². The first-order chi connectivity index (χ1) is 17.0. The number of carbonyl (C=O) groups excluding carboxylic acids is 3. The lowest BCUT2D eigenvalue weighted by atomic mass is 9.84. The average molecular weight is 539 g/mol.